The highest BCUT2D eigenvalue weighted by Gasteiger charge is 2.23. The smallest absolute Gasteiger partial charge is 0.340 e. The zero-order valence-corrected chi connectivity index (χ0v) is 14.7. The molecule has 2 aromatic rings. The highest BCUT2D eigenvalue weighted by molar-refractivity contribution is 6.34. The molecule has 7 nitrogen and oxygen atoms in total. The fraction of sp³-hybridized carbons (Fsp3) is 0.125. The molecule has 0 fully saturated rings. The molecule has 0 saturated heterocycles. The minimum Gasteiger partial charge on any atom is -0.449 e. The summed E-state index contributed by atoms with van der Waals surface area (Å²) in [5.41, 5.74) is -0.466. The number of benzene rings is 2. The van der Waals surface area contributed by atoms with E-state index in [0.29, 0.717) is 0 Å². The van der Waals surface area contributed by atoms with E-state index < -0.39 is 28.7 Å². The predicted molar refractivity (Wildman–Crippen MR) is 93.0 cm³/mol. The van der Waals surface area contributed by atoms with Crippen molar-refractivity contribution in [1.82, 2.24) is 0 Å². The van der Waals surface area contributed by atoms with Gasteiger partial charge in [-0.15, -0.1) is 0 Å². The third-order valence-electron chi connectivity index (χ3n) is 3.22. The number of carbonyl (C=O) groups excluding carboxylic acids is 2. The van der Waals surface area contributed by atoms with Crippen molar-refractivity contribution < 1.29 is 23.6 Å². The molecule has 1 atom stereocenters. The standard InChI is InChI=1S/C16H11Cl2FN2O5/c1-8(15(22)20-14-5-2-9(19)6-13(14)18)26-16(23)11-7-10(21(24)25)3-4-12(11)17/h2-8H,1H3,(H,20,22)/t8-/m1/s1. The minimum atomic E-state index is -1.26. The van der Waals surface area contributed by atoms with Gasteiger partial charge in [0.25, 0.3) is 11.6 Å². The quantitative estimate of drug-likeness (QED) is 0.460. The normalized spacial score (nSPS) is 11.5. The summed E-state index contributed by atoms with van der Waals surface area (Å²) in [5.74, 6) is -2.31. The van der Waals surface area contributed by atoms with Crippen LogP contribution in [0.5, 0.6) is 0 Å². The van der Waals surface area contributed by atoms with Crippen LogP contribution in [0.3, 0.4) is 0 Å². The number of rotatable bonds is 5. The molecular formula is C16H11Cl2FN2O5. The highest BCUT2D eigenvalue weighted by Crippen LogP contribution is 2.24. The Hall–Kier alpha value is -2.71. The van der Waals surface area contributed by atoms with Gasteiger partial charge in [-0.1, -0.05) is 23.2 Å². The van der Waals surface area contributed by atoms with Crippen molar-refractivity contribution in [1.29, 1.82) is 0 Å². The Morgan fingerprint density at radius 2 is 1.88 bits per heavy atom. The predicted octanol–water partition coefficient (Wildman–Crippen LogP) is 4.22. The van der Waals surface area contributed by atoms with E-state index in [1.165, 1.54) is 19.1 Å². The molecule has 0 saturated carbocycles. The number of hydrogen-bond donors (Lipinski definition) is 1. The van der Waals surface area contributed by atoms with E-state index in [0.717, 1.165) is 24.3 Å². The van der Waals surface area contributed by atoms with Crippen LogP contribution in [0.1, 0.15) is 17.3 Å². The third-order valence-corrected chi connectivity index (χ3v) is 3.87. The average molecular weight is 401 g/mol. The lowest BCUT2D eigenvalue weighted by molar-refractivity contribution is -0.384. The number of ether oxygens (including phenoxy) is 1. The van der Waals surface area contributed by atoms with Gasteiger partial charge in [0.2, 0.25) is 0 Å². The van der Waals surface area contributed by atoms with Gasteiger partial charge in [0.05, 0.1) is 26.2 Å². The molecule has 10 heteroatoms. The fourth-order valence-electron chi connectivity index (χ4n) is 1.89. The van der Waals surface area contributed by atoms with E-state index in [1.807, 2.05) is 0 Å². The van der Waals surface area contributed by atoms with Crippen molar-refractivity contribution in [3.8, 4) is 0 Å². The Morgan fingerprint density at radius 3 is 2.50 bits per heavy atom. The number of carbonyl (C=O) groups is 2. The van der Waals surface area contributed by atoms with Gasteiger partial charge in [-0.25, -0.2) is 9.18 Å². The van der Waals surface area contributed by atoms with Gasteiger partial charge >= 0.3 is 5.97 Å². The first-order valence-electron chi connectivity index (χ1n) is 7.10. The summed E-state index contributed by atoms with van der Waals surface area (Å²) in [7, 11) is 0. The summed E-state index contributed by atoms with van der Waals surface area (Å²) in [4.78, 5) is 34.3. The summed E-state index contributed by atoms with van der Waals surface area (Å²) in [6.07, 6.45) is -1.26. The molecular weight excluding hydrogens is 390 g/mol. The van der Waals surface area contributed by atoms with Crippen LogP contribution in [0, 0.1) is 15.9 Å². The Labute approximate surface area is 156 Å². The number of anilines is 1. The van der Waals surface area contributed by atoms with E-state index in [9.17, 15) is 24.1 Å². The summed E-state index contributed by atoms with van der Waals surface area (Å²) < 4.78 is 18.0. The number of nitro groups is 1. The maximum Gasteiger partial charge on any atom is 0.340 e. The van der Waals surface area contributed by atoms with Crippen molar-refractivity contribution in [2.24, 2.45) is 0 Å². The number of esters is 1. The molecule has 0 aliphatic rings. The van der Waals surface area contributed by atoms with E-state index in [2.05, 4.69) is 5.32 Å². The second kappa shape index (κ2) is 8.11. The number of hydrogen-bond acceptors (Lipinski definition) is 5. The Morgan fingerprint density at radius 1 is 1.19 bits per heavy atom. The van der Waals surface area contributed by atoms with Gasteiger partial charge < -0.3 is 10.1 Å². The summed E-state index contributed by atoms with van der Waals surface area (Å²) in [5, 5.41) is 13.1. The summed E-state index contributed by atoms with van der Waals surface area (Å²) in [6.45, 7) is 1.29. The topological polar surface area (TPSA) is 98.5 Å². The molecule has 0 aliphatic heterocycles. The first-order chi connectivity index (χ1) is 12.2. The van der Waals surface area contributed by atoms with Crippen molar-refractivity contribution >= 4 is 46.5 Å². The minimum absolute atomic E-state index is 0.0291. The fourth-order valence-corrected chi connectivity index (χ4v) is 2.30. The van der Waals surface area contributed by atoms with Crippen LogP contribution in [0.4, 0.5) is 15.8 Å². The van der Waals surface area contributed by atoms with Gasteiger partial charge in [0.1, 0.15) is 5.82 Å². The van der Waals surface area contributed by atoms with E-state index >= 15 is 0 Å². The lowest BCUT2D eigenvalue weighted by Crippen LogP contribution is -2.30. The Kier molecular flexibility index (Phi) is 6.12. The first-order valence-corrected chi connectivity index (χ1v) is 7.85. The van der Waals surface area contributed by atoms with E-state index in [1.54, 1.807) is 0 Å². The molecule has 136 valence electrons. The van der Waals surface area contributed by atoms with Crippen molar-refractivity contribution in [2.75, 3.05) is 5.32 Å². The van der Waals surface area contributed by atoms with Crippen LogP contribution in [0.2, 0.25) is 10.0 Å². The zero-order valence-electron chi connectivity index (χ0n) is 13.2. The lowest BCUT2D eigenvalue weighted by atomic mass is 10.2. The number of halogens is 3. The maximum absolute atomic E-state index is 13.0. The van der Waals surface area contributed by atoms with Crippen molar-refractivity contribution in [2.45, 2.75) is 13.0 Å². The van der Waals surface area contributed by atoms with Crippen molar-refractivity contribution in [3.05, 3.63) is 67.9 Å². The zero-order chi connectivity index (χ0) is 19.4. The molecule has 26 heavy (non-hydrogen) atoms. The molecule has 1 amide bonds. The molecule has 0 heterocycles. The van der Waals surface area contributed by atoms with Crippen molar-refractivity contribution in [3.63, 3.8) is 0 Å². The van der Waals surface area contributed by atoms with Crippen LogP contribution in [-0.2, 0) is 9.53 Å². The number of amides is 1. The largest absolute Gasteiger partial charge is 0.449 e. The molecule has 1 N–H and O–H groups in total. The average Bonchev–Trinajstić information content (AvgIpc) is 2.57. The van der Waals surface area contributed by atoms with E-state index in [4.69, 9.17) is 27.9 Å². The molecule has 0 bridgehead atoms. The summed E-state index contributed by atoms with van der Waals surface area (Å²) in [6, 6.07) is 6.62. The molecule has 0 aromatic heterocycles. The third kappa shape index (κ3) is 4.68. The molecule has 0 radical (unpaired) electrons. The van der Waals surface area contributed by atoms with Crippen LogP contribution in [0.25, 0.3) is 0 Å². The Balaban J connectivity index is 2.10. The molecule has 0 aliphatic carbocycles. The van der Waals surface area contributed by atoms with Crippen LogP contribution < -0.4 is 5.32 Å². The number of non-ortho nitro benzene ring substituents is 1. The second-order valence-electron chi connectivity index (χ2n) is 5.08. The molecule has 2 aromatic carbocycles. The SMILES string of the molecule is C[C@@H](OC(=O)c1cc([N+](=O)[O-])ccc1Cl)C(=O)Nc1ccc(F)cc1Cl. The van der Waals surface area contributed by atoms with Gasteiger partial charge in [-0.3, -0.25) is 14.9 Å². The van der Waals surface area contributed by atoms with Crippen LogP contribution in [-0.4, -0.2) is 22.9 Å². The van der Waals surface area contributed by atoms with Gasteiger partial charge in [-0.2, -0.15) is 0 Å². The number of nitrogens with zero attached hydrogens (tertiary/aromatic N) is 1. The van der Waals surface area contributed by atoms with E-state index in [-0.39, 0.29) is 27.0 Å². The lowest BCUT2D eigenvalue weighted by Gasteiger charge is -2.14. The van der Waals surface area contributed by atoms with Gasteiger partial charge in [0, 0.05) is 12.1 Å². The maximum atomic E-state index is 13.0. The van der Waals surface area contributed by atoms with Gasteiger partial charge in [-0.05, 0) is 31.2 Å². The van der Waals surface area contributed by atoms with Gasteiger partial charge in [0.15, 0.2) is 6.10 Å². The summed E-state index contributed by atoms with van der Waals surface area (Å²) >= 11 is 11.7. The number of nitrogens with one attached hydrogen (secondary N) is 1. The monoisotopic (exact) mass is 400 g/mol. The highest BCUT2D eigenvalue weighted by atomic mass is 35.5. The second-order valence-corrected chi connectivity index (χ2v) is 5.90. The first kappa shape index (κ1) is 19.6. The molecule has 0 spiro atoms. The number of nitro benzene ring substituents is 1. The van der Waals surface area contributed by atoms with Crippen LogP contribution in [0.15, 0.2) is 36.4 Å². The molecule has 2 rings (SSSR count). The van der Waals surface area contributed by atoms with Crippen LogP contribution >= 0.6 is 23.2 Å². The molecule has 0 unspecified atom stereocenters. The Bertz CT molecular complexity index is 891.